The molecule has 1 aromatic rings. The highest BCUT2D eigenvalue weighted by molar-refractivity contribution is 5.42. The summed E-state index contributed by atoms with van der Waals surface area (Å²) in [5, 5.41) is 3.76. The summed E-state index contributed by atoms with van der Waals surface area (Å²) in [7, 11) is 0. The number of hydrogen-bond donors (Lipinski definition) is 1. The molecule has 1 unspecified atom stereocenters. The highest BCUT2D eigenvalue weighted by Gasteiger charge is 2.53. The van der Waals surface area contributed by atoms with E-state index in [1.54, 1.807) is 0 Å². The second-order valence-corrected chi connectivity index (χ2v) is 7.83. The molecule has 20 heavy (non-hydrogen) atoms. The van der Waals surface area contributed by atoms with Gasteiger partial charge in [-0.1, -0.05) is 0 Å². The highest BCUT2D eigenvalue weighted by atomic mass is 15.0. The summed E-state index contributed by atoms with van der Waals surface area (Å²) in [6.07, 6.45) is 11.0. The fraction of sp³-hybridized carbons (Fsp3) is 0.722. The molecule has 5 rings (SSSR count). The van der Waals surface area contributed by atoms with Crippen molar-refractivity contribution in [2.24, 2.45) is 23.2 Å². The molecule has 1 atom stereocenters. The maximum Gasteiger partial charge on any atom is 0.0529 e. The Labute approximate surface area is 122 Å². The summed E-state index contributed by atoms with van der Waals surface area (Å²) in [6.45, 7) is 4.46. The lowest BCUT2D eigenvalue weighted by Gasteiger charge is -2.59. The molecule has 0 spiro atoms. The van der Waals surface area contributed by atoms with E-state index in [-0.39, 0.29) is 0 Å². The van der Waals surface area contributed by atoms with Gasteiger partial charge in [0, 0.05) is 11.7 Å². The maximum atomic E-state index is 4.42. The smallest absolute Gasteiger partial charge is 0.0529 e. The Balaban J connectivity index is 1.53. The lowest BCUT2D eigenvalue weighted by molar-refractivity contribution is -0.0602. The van der Waals surface area contributed by atoms with Gasteiger partial charge in [0.1, 0.15) is 0 Å². The van der Waals surface area contributed by atoms with Crippen LogP contribution in [-0.2, 0) is 0 Å². The molecular formula is C18H26N2. The van der Waals surface area contributed by atoms with E-state index < -0.39 is 0 Å². The highest BCUT2D eigenvalue weighted by Crippen LogP contribution is 2.61. The lowest BCUT2D eigenvalue weighted by atomic mass is 9.48. The van der Waals surface area contributed by atoms with Crippen molar-refractivity contribution in [2.45, 2.75) is 58.4 Å². The lowest BCUT2D eigenvalue weighted by Crippen LogP contribution is -2.52. The van der Waals surface area contributed by atoms with Gasteiger partial charge in [0.25, 0.3) is 0 Å². The van der Waals surface area contributed by atoms with Crippen LogP contribution in [0.4, 0.5) is 5.69 Å². The number of aromatic nitrogens is 1. The summed E-state index contributed by atoms with van der Waals surface area (Å²) in [5.74, 6) is 3.09. The zero-order chi connectivity index (χ0) is 13.7. The third-order valence-electron chi connectivity index (χ3n) is 6.30. The zero-order valence-electron chi connectivity index (χ0n) is 12.7. The second-order valence-electron chi connectivity index (χ2n) is 7.83. The van der Waals surface area contributed by atoms with Crippen LogP contribution in [0.5, 0.6) is 0 Å². The summed E-state index contributed by atoms with van der Waals surface area (Å²) in [6, 6.07) is 4.87. The molecule has 0 radical (unpaired) electrons. The Morgan fingerprint density at radius 3 is 2.20 bits per heavy atom. The van der Waals surface area contributed by atoms with Crippen molar-refractivity contribution in [3.8, 4) is 0 Å². The number of rotatable bonds is 3. The van der Waals surface area contributed by atoms with Crippen LogP contribution in [0.15, 0.2) is 18.3 Å². The van der Waals surface area contributed by atoms with Crippen molar-refractivity contribution in [1.82, 2.24) is 4.98 Å². The molecule has 108 valence electrons. The first-order valence-electron chi connectivity index (χ1n) is 8.32. The molecule has 0 aliphatic heterocycles. The van der Waals surface area contributed by atoms with E-state index in [1.165, 1.54) is 44.2 Å². The Morgan fingerprint density at radius 1 is 1.10 bits per heavy atom. The molecule has 1 heterocycles. The van der Waals surface area contributed by atoms with Gasteiger partial charge < -0.3 is 5.32 Å². The minimum absolute atomic E-state index is 0.569. The molecular weight excluding hydrogens is 244 g/mol. The van der Waals surface area contributed by atoms with E-state index >= 15 is 0 Å². The van der Waals surface area contributed by atoms with Crippen LogP contribution < -0.4 is 5.32 Å². The molecule has 4 aliphatic rings. The van der Waals surface area contributed by atoms with Gasteiger partial charge in [0.05, 0.1) is 11.9 Å². The van der Waals surface area contributed by atoms with Gasteiger partial charge in [-0.3, -0.25) is 4.98 Å². The van der Waals surface area contributed by atoms with Crippen LogP contribution in [0.2, 0.25) is 0 Å². The number of hydrogen-bond acceptors (Lipinski definition) is 2. The van der Waals surface area contributed by atoms with Crippen LogP contribution in [0.3, 0.4) is 0 Å². The van der Waals surface area contributed by atoms with Gasteiger partial charge in [-0.15, -0.1) is 0 Å². The predicted molar refractivity (Wildman–Crippen MR) is 82.7 cm³/mol. The van der Waals surface area contributed by atoms with E-state index in [9.17, 15) is 0 Å². The third-order valence-corrected chi connectivity index (χ3v) is 6.30. The SMILES string of the molecule is Cc1ccc(NC(C)C23CC4CC(CC(C4)C2)C3)cn1. The molecule has 2 nitrogen and oxygen atoms in total. The fourth-order valence-corrected chi connectivity index (χ4v) is 5.66. The van der Waals surface area contributed by atoms with Crippen molar-refractivity contribution in [3.05, 3.63) is 24.0 Å². The van der Waals surface area contributed by atoms with Gasteiger partial charge in [-0.25, -0.2) is 0 Å². The molecule has 1 aromatic heterocycles. The van der Waals surface area contributed by atoms with Gasteiger partial charge in [-0.05, 0) is 87.7 Å². The van der Waals surface area contributed by atoms with E-state index in [0.29, 0.717) is 11.5 Å². The van der Waals surface area contributed by atoms with Gasteiger partial charge in [0.15, 0.2) is 0 Å². The standard InChI is InChI=1S/C18H26N2/c1-12-3-4-17(11-19-12)20-13(2)18-8-14-5-15(9-18)7-16(6-14)10-18/h3-4,11,13-16,20H,5-10H2,1-2H3. The van der Waals surface area contributed by atoms with E-state index in [1.807, 2.05) is 13.1 Å². The average molecular weight is 270 g/mol. The largest absolute Gasteiger partial charge is 0.381 e. The molecule has 4 fully saturated rings. The average Bonchev–Trinajstić information content (AvgIpc) is 2.40. The van der Waals surface area contributed by atoms with Crippen LogP contribution in [0.1, 0.15) is 51.1 Å². The zero-order valence-corrected chi connectivity index (χ0v) is 12.7. The monoisotopic (exact) mass is 270 g/mol. The first kappa shape index (κ1) is 12.7. The Kier molecular flexibility index (Phi) is 2.84. The van der Waals surface area contributed by atoms with Crippen molar-refractivity contribution < 1.29 is 0 Å². The molecule has 0 saturated heterocycles. The summed E-state index contributed by atoms with van der Waals surface area (Å²) in [4.78, 5) is 4.42. The maximum absolute atomic E-state index is 4.42. The van der Waals surface area contributed by atoms with Crippen LogP contribution >= 0.6 is 0 Å². The summed E-state index contributed by atoms with van der Waals surface area (Å²) >= 11 is 0. The molecule has 4 saturated carbocycles. The molecule has 1 N–H and O–H groups in total. The van der Waals surface area contributed by atoms with Crippen molar-refractivity contribution in [1.29, 1.82) is 0 Å². The molecule has 0 amide bonds. The molecule has 0 aromatic carbocycles. The Hall–Kier alpha value is -1.05. The minimum Gasteiger partial charge on any atom is -0.381 e. The van der Waals surface area contributed by atoms with Crippen molar-refractivity contribution >= 4 is 5.69 Å². The molecule has 4 bridgehead atoms. The minimum atomic E-state index is 0.569. The Morgan fingerprint density at radius 2 is 1.70 bits per heavy atom. The fourth-order valence-electron chi connectivity index (χ4n) is 5.66. The van der Waals surface area contributed by atoms with E-state index in [2.05, 4.69) is 29.4 Å². The van der Waals surface area contributed by atoms with Gasteiger partial charge >= 0.3 is 0 Å². The quantitative estimate of drug-likeness (QED) is 0.880. The number of pyridine rings is 1. The van der Waals surface area contributed by atoms with Gasteiger partial charge in [0.2, 0.25) is 0 Å². The van der Waals surface area contributed by atoms with Crippen molar-refractivity contribution in [3.63, 3.8) is 0 Å². The first-order valence-corrected chi connectivity index (χ1v) is 8.32. The van der Waals surface area contributed by atoms with E-state index in [4.69, 9.17) is 0 Å². The van der Waals surface area contributed by atoms with Crippen molar-refractivity contribution in [2.75, 3.05) is 5.32 Å². The summed E-state index contributed by atoms with van der Waals surface area (Å²) < 4.78 is 0. The third kappa shape index (κ3) is 2.04. The number of anilines is 1. The van der Waals surface area contributed by atoms with Crippen LogP contribution in [-0.4, -0.2) is 11.0 Å². The first-order chi connectivity index (χ1) is 9.63. The molecule has 4 aliphatic carbocycles. The van der Waals surface area contributed by atoms with Gasteiger partial charge in [-0.2, -0.15) is 0 Å². The van der Waals surface area contributed by atoms with Crippen LogP contribution in [0.25, 0.3) is 0 Å². The number of nitrogens with one attached hydrogen (secondary N) is 1. The number of nitrogens with zero attached hydrogens (tertiary/aromatic N) is 1. The predicted octanol–water partition coefficient (Wildman–Crippen LogP) is 4.41. The second kappa shape index (κ2) is 4.47. The topological polar surface area (TPSA) is 24.9 Å². The van der Waals surface area contributed by atoms with E-state index in [0.717, 1.165) is 23.4 Å². The molecule has 2 heteroatoms. The van der Waals surface area contributed by atoms with Crippen LogP contribution in [0, 0.1) is 30.1 Å². The Bertz CT molecular complexity index is 455. The normalized spacial score (nSPS) is 39.8. The number of aryl methyl sites for hydroxylation is 1. The summed E-state index contributed by atoms with van der Waals surface area (Å²) in [5.41, 5.74) is 2.86.